The van der Waals surface area contributed by atoms with Crippen molar-refractivity contribution in [2.45, 2.75) is 34.1 Å². The number of benzene rings is 1. The zero-order chi connectivity index (χ0) is 11.9. The number of allylic oxidation sites excluding steroid dienone is 4. The molecular formula is C15H20Si. The van der Waals surface area contributed by atoms with Crippen LogP contribution in [0.4, 0.5) is 0 Å². The van der Waals surface area contributed by atoms with E-state index < -0.39 is 0 Å². The first-order valence-corrected chi connectivity index (χ1v) is 6.96. The number of aryl methyl sites for hydroxylation is 3. The molecule has 0 saturated carbocycles. The van der Waals surface area contributed by atoms with Gasteiger partial charge in [0, 0.05) is 10.2 Å². The third-order valence-corrected chi connectivity index (χ3v) is 4.37. The predicted molar refractivity (Wildman–Crippen MR) is 75.9 cm³/mol. The molecular weight excluding hydrogens is 208 g/mol. The molecule has 0 bridgehead atoms. The van der Waals surface area contributed by atoms with Crippen molar-refractivity contribution in [2.75, 3.05) is 0 Å². The molecule has 1 aromatic rings. The van der Waals surface area contributed by atoms with Gasteiger partial charge in [0.15, 0.2) is 0 Å². The van der Waals surface area contributed by atoms with Crippen molar-refractivity contribution in [3.8, 4) is 0 Å². The van der Waals surface area contributed by atoms with Crippen LogP contribution in [0.2, 0.25) is 0 Å². The van der Waals surface area contributed by atoms with Gasteiger partial charge in [-0.3, -0.25) is 0 Å². The molecule has 1 heteroatoms. The molecule has 84 valence electrons. The molecule has 0 aromatic heterocycles. The van der Waals surface area contributed by atoms with Crippen molar-refractivity contribution >= 4 is 15.8 Å². The zero-order valence-corrected chi connectivity index (χ0v) is 12.9. The Morgan fingerprint density at radius 2 is 1.56 bits per heavy atom. The first-order chi connectivity index (χ1) is 7.50. The summed E-state index contributed by atoms with van der Waals surface area (Å²) < 4.78 is 0. The van der Waals surface area contributed by atoms with Crippen molar-refractivity contribution in [3.05, 3.63) is 51.2 Å². The van der Waals surface area contributed by atoms with Crippen molar-refractivity contribution in [2.24, 2.45) is 0 Å². The summed E-state index contributed by atoms with van der Waals surface area (Å²) in [5, 5.41) is 1.65. The number of hydrogen-bond donors (Lipinski definition) is 0. The molecule has 0 spiro atoms. The molecule has 0 heterocycles. The molecule has 16 heavy (non-hydrogen) atoms. The van der Waals surface area contributed by atoms with E-state index >= 15 is 0 Å². The van der Waals surface area contributed by atoms with Crippen LogP contribution in [0.25, 0.3) is 5.57 Å². The Bertz CT molecular complexity index is 481. The molecule has 0 unspecified atom stereocenters. The highest BCUT2D eigenvalue weighted by Gasteiger charge is 2.16. The van der Waals surface area contributed by atoms with Gasteiger partial charge in [-0.25, -0.2) is 0 Å². The van der Waals surface area contributed by atoms with Gasteiger partial charge < -0.3 is 0 Å². The smallest absolute Gasteiger partial charge is 0.0345 e. The Balaban J connectivity index is 2.66. The molecule has 0 N–H and O–H groups in total. The lowest BCUT2D eigenvalue weighted by Crippen LogP contribution is -1.96. The van der Waals surface area contributed by atoms with Crippen molar-refractivity contribution in [1.29, 1.82) is 0 Å². The molecule has 1 aliphatic carbocycles. The zero-order valence-electron chi connectivity index (χ0n) is 10.9. The van der Waals surface area contributed by atoms with E-state index in [0.29, 0.717) is 0 Å². The van der Waals surface area contributed by atoms with Crippen molar-refractivity contribution in [3.63, 3.8) is 0 Å². The van der Waals surface area contributed by atoms with E-state index in [1.165, 1.54) is 44.5 Å². The van der Waals surface area contributed by atoms with E-state index in [-0.39, 0.29) is 0 Å². The Morgan fingerprint density at radius 3 is 2.00 bits per heavy atom. The van der Waals surface area contributed by atoms with Gasteiger partial charge in [0.05, 0.1) is 0 Å². The van der Waals surface area contributed by atoms with Gasteiger partial charge >= 0.3 is 0 Å². The fourth-order valence-electron chi connectivity index (χ4n) is 2.83. The fourth-order valence-corrected chi connectivity index (χ4v) is 3.68. The lowest BCUT2D eigenvalue weighted by Gasteiger charge is -2.15. The monoisotopic (exact) mass is 228 g/mol. The van der Waals surface area contributed by atoms with Gasteiger partial charge in [-0.2, -0.15) is 0 Å². The molecule has 0 atom stereocenters. The summed E-state index contributed by atoms with van der Waals surface area (Å²) in [6.45, 7) is 8.90. The lowest BCUT2D eigenvalue weighted by molar-refractivity contribution is 1.28. The minimum absolute atomic E-state index is 1.18. The van der Waals surface area contributed by atoms with Gasteiger partial charge in [-0.05, 0) is 62.0 Å². The van der Waals surface area contributed by atoms with Crippen LogP contribution in [0.15, 0.2) is 29.0 Å². The molecule has 0 saturated heterocycles. The highest BCUT2D eigenvalue weighted by atomic mass is 28.1. The Hall–Kier alpha value is -1.08. The van der Waals surface area contributed by atoms with Crippen molar-refractivity contribution in [1.82, 2.24) is 0 Å². The van der Waals surface area contributed by atoms with E-state index in [4.69, 9.17) is 0 Å². The maximum Gasteiger partial charge on any atom is 0.0345 e. The molecule has 1 aliphatic rings. The average molecular weight is 228 g/mol. The van der Waals surface area contributed by atoms with Crippen LogP contribution in [0.1, 0.15) is 35.6 Å². The Labute approximate surface area is 102 Å². The van der Waals surface area contributed by atoms with Crippen molar-refractivity contribution < 1.29 is 0 Å². The minimum Gasteiger partial charge on any atom is -0.0801 e. The summed E-state index contributed by atoms with van der Waals surface area (Å²) in [6, 6.07) is 4.60. The molecule has 0 nitrogen and oxygen atoms in total. The second kappa shape index (κ2) is 4.06. The Kier molecular flexibility index (Phi) is 2.89. The van der Waals surface area contributed by atoms with E-state index in [1.54, 1.807) is 10.8 Å². The van der Waals surface area contributed by atoms with Gasteiger partial charge in [-0.1, -0.05) is 29.0 Å². The maximum absolute atomic E-state index is 2.37. The van der Waals surface area contributed by atoms with Gasteiger partial charge in [0.1, 0.15) is 0 Å². The van der Waals surface area contributed by atoms with Gasteiger partial charge in [-0.15, -0.1) is 0 Å². The molecule has 1 aromatic carbocycles. The molecule has 0 radical (unpaired) electrons. The van der Waals surface area contributed by atoms with Gasteiger partial charge in [0.2, 0.25) is 0 Å². The van der Waals surface area contributed by atoms with Crippen LogP contribution >= 0.6 is 0 Å². The SMILES string of the molecule is CC1=CCC([SiH3])=C1c1c(C)cc(C)cc1C. The number of rotatable bonds is 1. The first kappa shape index (κ1) is 11.4. The third-order valence-electron chi connectivity index (χ3n) is 3.46. The van der Waals surface area contributed by atoms with Crippen LogP contribution < -0.4 is 0 Å². The summed E-state index contributed by atoms with van der Waals surface area (Å²) in [6.07, 6.45) is 3.55. The highest BCUT2D eigenvalue weighted by molar-refractivity contribution is 6.27. The van der Waals surface area contributed by atoms with Crippen LogP contribution in [0.5, 0.6) is 0 Å². The molecule has 0 fully saturated rings. The van der Waals surface area contributed by atoms with E-state index in [0.717, 1.165) is 0 Å². The summed E-state index contributed by atoms with van der Waals surface area (Å²) >= 11 is 0. The van der Waals surface area contributed by atoms with E-state index in [1.807, 2.05) is 0 Å². The highest BCUT2D eigenvalue weighted by Crippen LogP contribution is 2.36. The topological polar surface area (TPSA) is 0 Å². The van der Waals surface area contributed by atoms with Crippen LogP contribution in [-0.2, 0) is 0 Å². The van der Waals surface area contributed by atoms with Crippen LogP contribution in [0.3, 0.4) is 0 Å². The summed E-state index contributed by atoms with van der Waals surface area (Å²) in [4.78, 5) is 0. The average Bonchev–Trinajstić information content (AvgIpc) is 2.47. The predicted octanol–water partition coefficient (Wildman–Crippen LogP) is 3.04. The van der Waals surface area contributed by atoms with Gasteiger partial charge in [0.25, 0.3) is 0 Å². The minimum atomic E-state index is 1.18. The standard InChI is InChI=1S/C15H20Si/c1-9-7-11(3)14(12(4)8-9)15-10(2)5-6-13(15)16/h5,7-8H,6H2,1-4,16H3. The Morgan fingerprint density at radius 1 is 1.00 bits per heavy atom. The van der Waals surface area contributed by atoms with E-state index in [9.17, 15) is 0 Å². The first-order valence-electron chi connectivity index (χ1n) is 5.96. The van der Waals surface area contributed by atoms with E-state index in [2.05, 4.69) is 45.9 Å². The normalized spacial score (nSPS) is 15.9. The number of hydrogen-bond acceptors (Lipinski definition) is 0. The lowest BCUT2D eigenvalue weighted by atomic mass is 9.91. The van der Waals surface area contributed by atoms with Crippen LogP contribution in [-0.4, -0.2) is 10.2 Å². The second-order valence-corrected chi connectivity index (χ2v) is 6.23. The van der Waals surface area contributed by atoms with Crippen LogP contribution in [0, 0.1) is 20.8 Å². The summed E-state index contributed by atoms with van der Waals surface area (Å²) in [5.41, 5.74) is 8.73. The summed E-state index contributed by atoms with van der Waals surface area (Å²) in [5.74, 6) is 0. The third kappa shape index (κ3) is 1.80. The quantitative estimate of drug-likeness (QED) is 0.648. The largest absolute Gasteiger partial charge is 0.0801 e. The molecule has 0 amide bonds. The second-order valence-electron chi connectivity index (χ2n) is 5.02. The summed E-state index contributed by atoms with van der Waals surface area (Å²) in [7, 11) is 1.18. The maximum atomic E-state index is 2.37. The molecule has 2 rings (SSSR count). The fraction of sp³-hybridized carbons (Fsp3) is 0.333. The molecule has 0 aliphatic heterocycles.